The summed E-state index contributed by atoms with van der Waals surface area (Å²) in [5.41, 5.74) is 7.65. The third-order valence-electron chi connectivity index (χ3n) is 1.66. The molecular formula is C9H7ClN4. The summed E-state index contributed by atoms with van der Waals surface area (Å²) < 4.78 is 0. The van der Waals surface area contributed by atoms with Gasteiger partial charge in [0.25, 0.3) is 0 Å². The Labute approximate surface area is 85.8 Å². The van der Waals surface area contributed by atoms with Crippen molar-refractivity contribution in [2.75, 3.05) is 5.73 Å². The van der Waals surface area contributed by atoms with Gasteiger partial charge in [0, 0.05) is 18.0 Å². The second-order valence-electron chi connectivity index (χ2n) is 2.73. The van der Waals surface area contributed by atoms with E-state index in [2.05, 4.69) is 15.0 Å². The van der Waals surface area contributed by atoms with Crippen LogP contribution in [0.3, 0.4) is 0 Å². The number of hydrogen-bond donors (Lipinski definition) is 1. The summed E-state index contributed by atoms with van der Waals surface area (Å²) in [6, 6.07) is 1.77. The van der Waals surface area contributed by atoms with Crippen LogP contribution in [0.15, 0.2) is 30.9 Å². The molecular weight excluding hydrogens is 200 g/mol. The number of rotatable bonds is 1. The number of anilines is 1. The smallest absolute Gasteiger partial charge is 0.148 e. The average Bonchev–Trinajstić information content (AvgIpc) is 2.18. The fourth-order valence-electron chi connectivity index (χ4n) is 1.08. The number of hydrogen-bond acceptors (Lipinski definition) is 4. The zero-order valence-electron chi connectivity index (χ0n) is 7.18. The zero-order chi connectivity index (χ0) is 9.97. The van der Waals surface area contributed by atoms with Crippen molar-refractivity contribution in [1.82, 2.24) is 15.0 Å². The molecule has 0 amide bonds. The highest BCUT2D eigenvalue weighted by molar-refractivity contribution is 6.29. The minimum absolute atomic E-state index is 0.352. The number of halogens is 1. The number of nitrogens with two attached hydrogens (primary N) is 1. The van der Waals surface area contributed by atoms with E-state index < -0.39 is 0 Å². The minimum atomic E-state index is 0.352. The van der Waals surface area contributed by atoms with Gasteiger partial charge >= 0.3 is 0 Å². The molecule has 4 nitrogen and oxygen atoms in total. The monoisotopic (exact) mass is 206 g/mol. The third-order valence-corrected chi connectivity index (χ3v) is 1.84. The Bertz CT molecular complexity index is 415. The van der Waals surface area contributed by atoms with E-state index in [1.54, 1.807) is 24.7 Å². The molecule has 0 aliphatic rings. The van der Waals surface area contributed by atoms with E-state index in [1.165, 1.54) is 6.20 Å². The highest BCUT2D eigenvalue weighted by Crippen LogP contribution is 2.18. The molecule has 0 atom stereocenters. The molecule has 0 aliphatic heterocycles. The molecule has 0 radical (unpaired) electrons. The molecule has 14 heavy (non-hydrogen) atoms. The van der Waals surface area contributed by atoms with Gasteiger partial charge in [-0.25, -0.2) is 4.98 Å². The van der Waals surface area contributed by atoms with E-state index in [1.807, 2.05) is 0 Å². The second kappa shape index (κ2) is 3.59. The Kier molecular flexibility index (Phi) is 2.28. The summed E-state index contributed by atoms with van der Waals surface area (Å²) in [6.07, 6.45) is 6.32. The Hall–Kier alpha value is -1.68. The van der Waals surface area contributed by atoms with Gasteiger partial charge in [-0.05, 0) is 6.07 Å². The molecule has 0 spiro atoms. The topological polar surface area (TPSA) is 64.7 Å². The van der Waals surface area contributed by atoms with Crippen molar-refractivity contribution in [3.63, 3.8) is 0 Å². The van der Waals surface area contributed by atoms with E-state index in [9.17, 15) is 0 Å². The van der Waals surface area contributed by atoms with Crippen molar-refractivity contribution in [1.29, 1.82) is 0 Å². The van der Waals surface area contributed by atoms with E-state index in [-0.39, 0.29) is 0 Å². The highest BCUT2D eigenvalue weighted by Gasteiger charge is 2.01. The van der Waals surface area contributed by atoms with Crippen LogP contribution in [-0.4, -0.2) is 15.0 Å². The van der Waals surface area contributed by atoms with Crippen molar-refractivity contribution < 1.29 is 0 Å². The van der Waals surface area contributed by atoms with Gasteiger partial charge in [0.1, 0.15) is 5.15 Å². The summed E-state index contributed by atoms with van der Waals surface area (Å²) >= 11 is 5.71. The summed E-state index contributed by atoms with van der Waals surface area (Å²) in [4.78, 5) is 12.0. The molecule has 0 unspecified atom stereocenters. The molecule has 0 fully saturated rings. The van der Waals surface area contributed by atoms with Gasteiger partial charge in [-0.15, -0.1) is 0 Å². The Morgan fingerprint density at radius 3 is 2.57 bits per heavy atom. The number of nitrogen functional groups attached to an aromatic ring is 1. The molecule has 2 rings (SSSR count). The lowest BCUT2D eigenvalue weighted by Crippen LogP contribution is -1.90. The first kappa shape index (κ1) is 8.90. The maximum atomic E-state index is 5.71. The maximum Gasteiger partial charge on any atom is 0.148 e. The lowest BCUT2D eigenvalue weighted by atomic mass is 10.2. The van der Waals surface area contributed by atoms with Crippen molar-refractivity contribution in [3.8, 4) is 11.3 Å². The van der Waals surface area contributed by atoms with Crippen molar-refractivity contribution in [3.05, 3.63) is 36.0 Å². The quantitative estimate of drug-likeness (QED) is 0.773. The van der Waals surface area contributed by atoms with Crippen LogP contribution in [-0.2, 0) is 0 Å². The average molecular weight is 207 g/mol. The zero-order valence-corrected chi connectivity index (χ0v) is 7.94. The first-order valence-electron chi connectivity index (χ1n) is 3.94. The molecule has 2 heterocycles. The van der Waals surface area contributed by atoms with Crippen LogP contribution in [0.25, 0.3) is 11.3 Å². The Balaban J connectivity index is 2.49. The van der Waals surface area contributed by atoms with Crippen molar-refractivity contribution >= 4 is 17.3 Å². The van der Waals surface area contributed by atoms with E-state index >= 15 is 0 Å². The predicted octanol–water partition coefficient (Wildman–Crippen LogP) is 1.77. The summed E-state index contributed by atoms with van der Waals surface area (Å²) in [5.74, 6) is 0. The second-order valence-corrected chi connectivity index (χ2v) is 3.12. The van der Waals surface area contributed by atoms with Gasteiger partial charge in [-0.3, -0.25) is 9.97 Å². The van der Waals surface area contributed by atoms with Crippen LogP contribution in [0.4, 0.5) is 5.69 Å². The lowest BCUT2D eigenvalue weighted by Gasteiger charge is -2.00. The molecule has 0 saturated carbocycles. The highest BCUT2D eigenvalue weighted by atomic mass is 35.5. The molecule has 2 aromatic rings. The minimum Gasteiger partial charge on any atom is -0.397 e. The van der Waals surface area contributed by atoms with Gasteiger partial charge in [0.15, 0.2) is 0 Å². The van der Waals surface area contributed by atoms with E-state index in [0.29, 0.717) is 16.5 Å². The fraction of sp³-hybridized carbons (Fsp3) is 0. The molecule has 0 saturated heterocycles. The summed E-state index contributed by atoms with van der Waals surface area (Å²) in [7, 11) is 0. The Morgan fingerprint density at radius 1 is 1.07 bits per heavy atom. The van der Waals surface area contributed by atoms with Crippen LogP contribution in [0.1, 0.15) is 0 Å². The lowest BCUT2D eigenvalue weighted by molar-refractivity contribution is 1.20. The first-order valence-corrected chi connectivity index (χ1v) is 4.32. The molecule has 0 aromatic carbocycles. The largest absolute Gasteiger partial charge is 0.397 e. The van der Waals surface area contributed by atoms with Crippen LogP contribution in [0.2, 0.25) is 5.15 Å². The number of nitrogens with zero attached hydrogens (tertiary/aromatic N) is 3. The first-order chi connectivity index (χ1) is 6.75. The molecule has 0 aliphatic carbocycles. The molecule has 70 valence electrons. The van der Waals surface area contributed by atoms with Gasteiger partial charge in [0.05, 0.1) is 23.8 Å². The van der Waals surface area contributed by atoms with E-state index in [4.69, 9.17) is 17.3 Å². The normalized spacial score (nSPS) is 10.1. The molecule has 5 heteroatoms. The third kappa shape index (κ3) is 1.80. The predicted molar refractivity (Wildman–Crippen MR) is 54.7 cm³/mol. The SMILES string of the molecule is Nc1cncc(-c2cncc(Cl)n2)c1. The van der Waals surface area contributed by atoms with Crippen LogP contribution in [0.5, 0.6) is 0 Å². The van der Waals surface area contributed by atoms with Crippen LogP contribution in [0, 0.1) is 0 Å². The van der Waals surface area contributed by atoms with Crippen LogP contribution < -0.4 is 5.73 Å². The summed E-state index contributed by atoms with van der Waals surface area (Å²) in [6.45, 7) is 0. The molecule has 2 N–H and O–H groups in total. The van der Waals surface area contributed by atoms with Gasteiger partial charge in [-0.1, -0.05) is 11.6 Å². The van der Waals surface area contributed by atoms with Gasteiger partial charge < -0.3 is 5.73 Å². The Morgan fingerprint density at radius 2 is 1.86 bits per heavy atom. The number of pyridine rings is 1. The summed E-state index contributed by atoms with van der Waals surface area (Å²) in [5, 5.41) is 0.352. The number of aromatic nitrogens is 3. The maximum absolute atomic E-state index is 5.71. The molecule has 2 aromatic heterocycles. The van der Waals surface area contributed by atoms with Crippen molar-refractivity contribution in [2.45, 2.75) is 0 Å². The molecule has 0 bridgehead atoms. The fourth-order valence-corrected chi connectivity index (χ4v) is 1.23. The standard InChI is InChI=1S/C9H7ClN4/c10-9-5-13-4-8(14-9)6-1-7(11)3-12-2-6/h1-5H,11H2. The van der Waals surface area contributed by atoms with Crippen molar-refractivity contribution in [2.24, 2.45) is 0 Å². The van der Waals surface area contributed by atoms with Crippen LogP contribution >= 0.6 is 11.6 Å². The van der Waals surface area contributed by atoms with Gasteiger partial charge in [0.2, 0.25) is 0 Å². The van der Waals surface area contributed by atoms with E-state index in [0.717, 1.165) is 5.56 Å². The van der Waals surface area contributed by atoms with Gasteiger partial charge in [-0.2, -0.15) is 0 Å².